The highest BCUT2D eigenvalue weighted by molar-refractivity contribution is 8.00. The van der Waals surface area contributed by atoms with Gasteiger partial charge in [0.1, 0.15) is 0 Å². The van der Waals surface area contributed by atoms with Crippen LogP contribution in [0.15, 0.2) is 35.5 Å². The highest BCUT2D eigenvalue weighted by Crippen LogP contribution is 2.33. The van der Waals surface area contributed by atoms with Crippen LogP contribution in [0.25, 0.3) is 0 Å². The average molecular weight is 304 g/mol. The topological polar surface area (TPSA) is 79.2 Å². The smallest absolute Gasteiger partial charge is 0.234 e. The molecule has 3 rings (SSSR count). The van der Waals surface area contributed by atoms with Crippen LogP contribution < -0.4 is 10.6 Å². The molecule has 0 fully saturated rings. The van der Waals surface area contributed by atoms with Gasteiger partial charge in [-0.3, -0.25) is 9.48 Å². The second kappa shape index (κ2) is 6.19. The lowest BCUT2D eigenvalue weighted by Gasteiger charge is -2.17. The fourth-order valence-electron chi connectivity index (χ4n) is 2.12. The number of anilines is 2. The molecule has 2 aromatic rings. The van der Waals surface area contributed by atoms with E-state index in [0.717, 1.165) is 21.8 Å². The quantitative estimate of drug-likeness (QED) is 0.781. The maximum Gasteiger partial charge on any atom is 0.234 e. The number of amides is 1. The van der Waals surface area contributed by atoms with Crippen molar-refractivity contribution in [2.75, 3.05) is 23.0 Å². The predicted octanol–water partition coefficient (Wildman–Crippen LogP) is 1.53. The number of aliphatic hydroxyl groups excluding tert-OH is 1. The van der Waals surface area contributed by atoms with Crippen LogP contribution in [0.3, 0.4) is 0 Å². The molecule has 0 unspecified atom stereocenters. The number of aliphatic hydroxyl groups is 1. The highest BCUT2D eigenvalue weighted by atomic mass is 32.2. The number of aromatic nitrogens is 2. The summed E-state index contributed by atoms with van der Waals surface area (Å²) in [5, 5.41) is 19.2. The van der Waals surface area contributed by atoms with Crippen molar-refractivity contribution in [2.24, 2.45) is 0 Å². The Morgan fingerprint density at radius 1 is 1.48 bits per heavy atom. The normalized spacial score (nSPS) is 13.7. The Morgan fingerprint density at radius 2 is 2.38 bits per heavy atom. The predicted molar refractivity (Wildman–Crippen MR) is 82.4 cm³/mol. The standard InChI is InChI=1S/C14H16N4O2S/c19-4-3-18-8-10(7-16-18)6-15-11-1-2-13-12(5-11)17-14(20)9-21-13/h1-2,5,7-8,15,19H,3-4,6,9H2,(H,17,20). The van der Waals surface area contributed by atoms with Gasteiger partial charge in [-0.05, 0) is 18.2 Å². The molecule has 7 heteroatoms. The van der Waals surface area contributed by atoms with E-state index in [-0.39, 0.29) is 12.5 Å². The number of thioether (sulfide) groups is 1. The third-order valence-electron chi connectivity index (χ3n) is 3.12. The van der Waals surface area contributed by atoms with Gasteiger partial charge in [0.2, 0.25) is 5.91 Å². The molecule has 3 N–H and O–H groups in total. The van der Waals surface area contributed by atoms with Gasteiger partial charge in [-0.1, -0.05) is 0 Å². The van der Waals surface area contributed by atoms with Gasteiger partial charge in [-0.2, -0.15) is 5.10 Å². The van der Waals surface area contributed by atoms with E-state index in [1.165, 1.54) is 0 Å². The van der Waals surface area contributed by atoms with Crippen molar-refractivity contribution < 1.29 is 9.90 Å². The molecule has 0 saturated heterocycles. The zero-order valence-corrected chi connectivity index (χ0v) is 12.2. The average Bonchev–Trinajstić information content (AvgIpc) is 2.93. The lowest BCUT2D eigenvalue weighted by Crippen LogP contribution is -2.18. The number of benzene rings is 1. The molecule has 1 aromatic carbocycles. The Labute approximate surface area is 126 Å². The molecular weight excluding hydrogens is 288 g/mol. The monoisotopic (exact) mass is 304 g/mol. The minimum Gasteiger partial charge on any atom is -0.394 e. The lowest BCUT2D eigenvalue weighted by atomic mass is 10.2. The van der Waals surface area contributed by atoms with Crippen LogP contribution >= 0.6 is 11.8 Å². The summed E-state index contributed by atoms with van der Waals surface area (Å²) in [6.45, 7) is 1.23. The van der Waals surface area contributed by atoms with Crippen LogP contribution in [0.1, 0.15) is 5.56 Å². The molecule has 0 atom stereocenters. The van der Waals surface area contributed by atoms with Gasteiger partial charge in [-0.25, -0.2) is 0 Å². The molecular formula is C14H16N4O2S. The molecule has 0 radical (unpaired) electrons. The largest absolute Gasteiger partial charge is 0.394 e. The molecule has 0 aliphatic carbocycles. The summed E-state index contributed by atoms with van der Waals surface area (Å²) in [6, 6.07) is 5.95. The minimum atomic E-state index is 0.0370. The SMILES string of the molecule is O=C1CSc2ccc(NCc3cnn(CCO)c3)cc2N1. The van der Waals surface area contributed by atoms with E-state index in [0.29, 0.717) is 18.8 Å². The molecule has 1 aromatic heterocycles. The summed E-state index contributed by atoms with van der Waals surface area (Å²) in [6.07, 6.45) is 3.68. The molecule has 0 saturated carbocycles. The third-order valence-corrected chi connectivity index (χ3v) is 4.20. The second-order valence-corrected chi connectivity index (χ2v) is 5.75. The van der Waals surface area contributed by atoms with Crippen molar-refractivity contribution >= 4 is 29.0 Å². The highest BCUT2D eigenvalue weighted by Gasteiger charge is 2.15. The van der Waals surface area contributed by atoms with Gasteiger partial charge in [0.25, 0.3) is 0 Å². The zero-order valence-electron chi connectivity index (χ0n) is 11.4. The summed E-state index contributed by atoms with van der Waals surface area (Å²) in [7, 11) is 0. The lowest BCUT2D eigenvalue weighted by molar-refractivity contribution is -0.113. The number of nitrogens with one attached hydrogen (secondary N) is 2. The summed E-state index contributed by atoms with van der Waals surface area (Å²) in [5.41, 5.74) is 2.85. The number of carbonyl (C=O) groups is 1. The summed E-state index contributed by atoms with van der Waals surface area (Å²) >= 11 is 1.55. The van der Waals surface area contributed by atoms with E-state index in [9.17, 15) is 4.79 Å². The molecule has 1 aliphatic rings. The maximum atomic E-state index is 11.4. The van der Waals surface area contributed by atoms with E-state index in [1.54, 1.807) is 22.6 Å². The number of nitrogens with zero attached hydrogens (tertiary/aromatic N) is 2. The first kappa shape index (κ1) is 14.0. The first-order chi connectivity index (χ1) is 10.2. The van der Waals surface area contributed by atoms with Gasteiger partial charge in [-0.15, -0.1) is 11.8 Å². The van der Waals surface area contributed by atoms with E-state index in [1.807, 2.05) is 24.4 Å². The van der Waals surface area contributed by atoms with Crippen LogP contribution in [0, 0.1) is 0 Å². The fourth-order valence-corrected chi connectivity index (χ4v) is 2.91. The minimum absolute atomic E-state index is 0.0370. The summed E-state index contributed by atoms with van der Waals surface area (Å²) in [5.74, 6) is 0.513. The Morgan fingerprint density at radius 3 is 3.24 bits per heavy atom. The van der Waals surface area contributed by atoms with Crippen molar-refractivity contribution in [1.82, 2.24) is 9.78 Å². The van der Waals surface area contributed by atoms with Crippen molar-refractivity contribution in [3.63, 3.8) is 0 Å². The first-order valence-electron chi connectivity index (χ1n) is 6.67. The fraction of sp³-hybridized carbons (Fsp3) is 0.286. The molecule has 0 spiro atoms. The molecule has 6 nitrogen and oxygen atoms in total. The van der Waals surface area contributed by atoms with Gasteiger partial charge in [0.05, 0.1) is 30.8 Å². The number of hydrogen-bond acceptors (Lipinski definition) is 5. The molecule has 21 heavy (non-hydrogen) atoms. The molecule has 2 heterocycles. The molecule has 110 valence electrons. The van der Waals surface area contributed by atoms with E-state index in [4.69, 9.17) is 5.11 Å². The maximum absolute atomic E-state index is 11.4. The second-order valence-electron chi connectivity index (χ2n) is 4.74. The van der Waals surface area contributed by atoms with Crippen molar-refractivity contribution in [3.8, 4) is 0 Å². The van der Waals surface area contributed by atoms with Crippen molar-refractivity contribution in [3.05, 3.63) is 36.2 Å². The Hall–Kier alpha value is -1.99. The first-order valence-corrected chi connectivity index (χ1v) is 7.66. The summed E-state index contributed by atoms with van der Waals surface area (Å²) < 4.78 is 1.71. The van der Waals surface area contributed by atoms with E-state index in [2.05, 4.69) is 15.7 Å². The van der Waals surface area contributed by atoms with E-state index >= 15 is 0 Å². The number of carbonyl (C=O) groups excluding carboxylic acids is 1. The number of rotatable bonds is 5. The molecule has 1 aliphatic heterocycles. The summed E-state index contributed by atoms with van der Waals surface area (Å²) in [4.78, 5) is 12.5. The Kier molecular flexibility index (Phi) is 4.12. The van der Waals surface area contributed by atoms with Crippen LogP contribution in [0.2, 0.25) is 0 Å². The van der Waals surface area contributed by atoms with Gasteiger partial charge in [0, 0.05) is 28.9 Å². The van der Waals surface area contributed by atoms with E-state index < -0.39 is 0 Å². The van der Waals surface area contributed by atoms with Crippen LogP contribution in [0.5, 0.6) is 0 Å². The van der Waals surface area contributed by atoms with Crippen molar-refractivity contribution in [1.29, 1.82) is 0 Å². The number of fused-ring (bicyclic) bond motifs is 1. The molecule has 1 amide bonds. The van der Waals surface area contributed by atoms with Crippen molar-refractivity contribution in [2.45, 2.75) is 18.0 Å². The molecule has 0 bridgehead atoms. The van der Waals surface area contributed by atoms with Crippen LogP contribution in [0.4, 0.5) is 11.4 Å². The number of hydrogen-bond donors (Lipinski definition) is 3. The Balaban J connectivity index is 1.65. The third kappa shape index (κ3) is 3.37. The van der Waals surface area contributed by atoms with Gasteiger partial charge < -0.3 is 15.7 Å². The van der Waals surface area contributed by atoms with Gasteiger partial charge in [0.15, 0.2) is 0 Å². The van der Waals surface area contributed by atoms with Crippen LogP contribution in [-0.2, 0) is 17.9 Å². The van der Waals surface area contributed by atoms with Gasteiger partial charge >= 0.3 is 0 Å². The van der Waals surface area contributed by atoms with Crippen LogP contribution in [-0.4, -0.2) is 33.2 Å². The Bertz CT molecular complexity index is 656. The zero-order chi connectivity index (χ0) is 14.7.